The Morgan fingerprint density at radius 1 is 1.67 bits per heavy atom. The summed E-state index contributed by atoms with van der Waals surface area (Å²) in [6.07, 6.45) is 0. The Labute approximate surface area is 103 Å². The van der Waals surface area contributed by atoms with Crippen LogP contribution in [0.4, 0.5) is 5.82 Å². The number of carbonyl (C=O) groups excluding carboxylic acids is 2. The number of nitrogen functional groups attached to an aromatic ring is 1. The second-order valence-corrected chi connectivity index (χ2v) is 3.82. The van der Waals surface area contributed by atoms with E-state index in [-0.39, 0.29) is 24.0 Å². The molecule has 1 aromatic rings. The van der Waals surface area contributed by atoms with Gasteiger partial charge in [0.1, 0.15) is 11.5 Å². The highest BCUT2D eigenvalue weighted by atomic mass is 16.5. The third-order valence-electron chi connectivity index (χ3n) is 2.69. The van der Waals surface area contributed by atoms with Crippen molar-refractivity contribution in [2.24, 2.45) is 0 Å². The summed E-state index contributed by atoms with van der Waals surface area (Å²) in [4.78, 5) is 25.1. The highest BCUT2D eigenvalue weighted by Crippen LogP contribution is 2.13. The van der Waals surface area contributed by atoms with E-state index in [4.69, 9.17) is 10.5 Å². The number of aromatic amines is 1. The van der Waals surface area contributed by atoms with Crippen LogP contribution in [-0.2, 0) is 14.3 Å². The lowest BCUT2D eigenvalue weighted by Gasteiger charge is -2.33. The summed E-state index contributed by atoms with van der Waals surface area (Å²) in [7, 11) is 1.27. The van der Waals surface area contributed by atoms with E-state index < -0.39 is 12.0 Å². The molecule has 1 unspecified atom stereocenters. The van der Waals surface area contributed by atoms with Crippen LogP contribution in [0.25, 0.3) is 0 Å². The number of nitrogens with one attached hydrogen (secondary N) is 1. The number of morpholine rings is 1. The van der Waals surface area contributed by atoms with Gasteiger partial charge in [0.15, 0.2) is 6.04 Å². The number of rotatable bonds is 2. The van der Waals surface area contributed by atoms with Gasteiger partial charge in [0.05, 0.1) is 20.3 Å². The molecule has 1 aliphatic heterocycles. The predicted octanol–water partition coefficient (Wildman–Crippen LogP) is -0.994. The molecule has 1 aromatic heterocycles. The summed E-state index contributed by atoms with van der Waals surface area (Å²) >= 11 is 0. The Kier molecular flexibility index (Phi) is 3.47. The van der Waals surface area contributed by atoms with Crippen molar-refractivity contribution < 1.29 is 19.1 Å². The van der Waals surface area contributed by atoms with Gasteiger partial charge >= 0.3 is 5.97 Å². The van der Waals surface area contributed by atoms with Crippen LogP contribution in [-0.4, -0.2) is 59.9 Å². The highest BCUT2D eigenvalue weighted by Gasteiger charge is 2.34. The maximum atomic E-state index is 12.2. The topological polar surface area (TPSA) is 111 Å². The van der Waals surface area contributed by atoms with E-state index in [9.17, 15) is 9.59 Å². The molecule has 2 rings (SSSR count). The maximum absolute atomic E-state index is 12.2. The van der Waals surface area contributed by atoms with Crippen LogP contribution < -0.4 is 5.73 Å². The molecule has 0 radical (unpaired) electrons. The summed E-state index contributed by atoms with van der Waals surface area (Å²) in [5.41, 5.74) is 5.68. The second kappa shape index (κ2) is 5.05. The number of anilines is 1. The third kappa shape index (κ3) is 2.28. The second-order valence-electron chi connectivity index (χ2n) is 3.82. The molecule has 18 heavy (non-hydrogen) atoms. The fourth-order valence-electron chi connectivity index (χ4n) is 1.78. The summed E-state index contributed by atoms with van der Waals surface area (Å²) in [5.74, 6) is -0.630. The predicted molar refractivity (Wildman–Crippen MR) is 60.7 cm³/mol. The Morgan fingerprint density at radius 2 is 2.44 bits per heavy atom. The number of hydrogen-bond acceptors (Lipinski definition) is 6. The molecule has 0 spiro atoms. The molecule has 8 nitrogen and oxygen atoms in total. The first-order valence-electron chi connectivity index (χ1n) is 5.41. The van der Waals surface area contributed by atoms with Crippen LogP contribution in [0.3, 0.4) is 0 Å². The third-order valence-corrected chi connectivity index (χ3v) is 2.69. The van der Waals surface area contributed by atoms with E-state index in [1.54, 1.807) is 0 Å². The molecule has 1 amide bonds. The number of H-pyrrole nitrogens is 1. The van der Waals surface area contributed by atoms with Gasteiger partial charge in [-0.25, -0.2) is 4.79 Å². The molecule has 1 saturated heterocycles. The monoisotopic (exact) mass is 254 g/mol. The Hall–Kier alpha value is -2.09. The zero-order valence-electron chi connectivity index (χ0n) is 9.88. The fourth-order valence-corrected chi connectivity index (χ4v) is 1.78. The zero-order valence-corrected chi connectivity index (χ0v) is 9.88. The molecular weight excluding hydrogens is 240 g/mol. The minimum Gasteiger partial charge on any atom is -0.467 e. The average Bonchev–Trinajstić information content (AvgIpc) is 2.83. The number of amides is 1. The van der Waals surface area contributed by atoms with Crippen molar-refractivity contribution in [3.63, 3.8) is 0 Å². The lowest BCUT2D eigenvalue weighted by atomic mass is 10.2. The molecule has 2 heterocycles. The van der Waals surface area contributed by atoms with Gasteiger partial charge < -0.3 is 20.1 Å². The van der Waals surface area contributed by atoms with E-state index >= 15 is 0 Å². The molecule has 0 saturated carbocycles. The van der Waals surface area contributed by atoms with E-state index in [1.165, 1.54) is 18.1 Å². The Morgan fingerprint density at radius 3 is 3.06 bits per heavy atom. The number of nitrogens with two attached hydrogens (primary N) is 1. The van der Waals surface area contributed by atoms with Gasteiger partial charge in [0, 0.05) is 12.6 Å². The number of hydrogen-bond donors (Lipinski definition) is 2. The molecule has 0 bridgehead atoms. The van der Waals surface area contributed by atoms with Crippen LogP contribution in [0.2, 0.25) is 0 Å². The SMILES string of the molecule is COC(=O)C1COCCN1C(=O)c1cc(N)n[nH]1. The fraction of sp³-hybridized carbons (Fsp3) is 0.500. The average molecular weight is 254 g/mol. The molecule has 8 heteroatoms. The van der Waals surface area contributed by atoms with Crippen LogP contribution in [0, 0.1) is 0 Å². The Balaban J connectivity index is 2.18. The molecule has 98 valence electrons. The summed E-state index contributed by atoms with van der Waals surface area (Å²) in [5, 5.41) is 6.20. The minimum atomic E-state index is -0.735. The van der Waals surface area contributed by atoms with Crippen LogP contribution in [0.5, 0.6) is 0 Å². The number of esters is 1. The molecule has 3 N–H and O–H groups in total. The maximum Gasteiger partial charge on any atom is 0.331 e. The lowest BCUT2D eigenvalue weighted by Crippen LogP contribution is -2.53. The quantitative estimate of drug-likeness (QED) is 0.655. The number of methoxy groups -OCH3 is 1. The zero-order chi connectivity index (χ0) is 13.1. The normalized spacial score (nSPS) is 19.6. The van der Waals surface area contributed by atoms with Gasteiger partial charge in [-0.3, -0.25) is 9.89 Å². The lowest BCUT2D eigenvalue weighted by molar-refractivity contribution is -0.151. The standard InChI is InChI=1S/C10H14N4O4/c1-17-10(16)7-5-18-3-2-14(7)9(15)6-4-8(11)13-12-6/h4,7H,2-3,5H2,1H3,(H3,11,12,13). The molecule has 1 atom stereocenters. The van der Waals surface area contributed by atoms with Crippen molar-refractivity contribution in [1.82, 2.24) is 15.1 Å². The summed E-state index contributed by atoms with van der Waals surface area (Å²) in [6.45, 7) is 0.822. The minimum absolute atomic E-state index is 0.127. The largest absolute Gasteiger partial charge is 0.467 e. The molecule has 1 aliphatic rings. The highest BCUT2D eigenvalue weighted by molar-refractivity contribution is 5.95. The van der Waals surface area contributed by atoms with Crippen LogP contribution in [0.1, 0.15) is 10.5 Å². The molecule has 0 aliphatic carbocycles. The number of nitrogens with zero attached hydrogens (tertiary/aromatic N) is 2. The van der Waals surface area contributed by atoms with Crippen LogP contribution >= 0.6 is 0 Å². The number of aromatic nitrogens is 2. The van der Waals surface area contributed by atoms with E-state index in [0.29, 0.717) is 13.2 Å². The van der Waals surface area contributed by atoms with Gasteiger partial charge in [-0.2, -0.15) is 5.10 Å². The smallest absolute Gasteiger partial charge is 0.331 e. The van der Waals surface area contributed by atoms with E-state index in [0.717, 1.165) is 0 Å². The number of carbonyl (C=O) groups is 2. The van der Waals surface area contributed by atoms with Gasteiger partial charge in [-0.15, -0.1) is 0 Å². The van der Waals surface area contributed by atoms with Gasteiger partial charge in [-0.1, -0.05) is 0 Å². The van der Waals surface area contributed by atoms with E-state index in [1.807, 2.05) is 0 Å². The van der Waals surface area contributed by atoms with Gasteiger partial charge in [-0.05, 0) is 0 Å². The summed E-state index contributed by atoms with van der Waals surface area (Å²) in [6, 6.07) is 0.687. The van der Waals surface area contributed by atoms with Crippen molar-refractivity contribution in [3.8, 4) is 0 Å². The summed E-state index contributed by atoms with van der Waals surface area (Å²) < 4.78 is 9.83. The molecule has 0 aromatic carbocycles. The number of ether oxygens (including phenoxy) is 2. The van der Waals surface area contributed by atoms with Crippen molar-refractivity contribution >= 4 is 17.7 Å². The van der Waals surface area contributed by atoms with Crippen LogP contribution in [0.15, 0.2) is 6.07 Å². The van der Waals surface area contributed by atoms with Crippen molar-refractivity contribution in [1.29, 1.82) is 0 Å². The van der Waals surface area contributed by atoms with Crippen molar-refractivity contribution in [2.75, 3.05) is 32.6 Å². The van der Waals surface area contributed by atoms with Gasteiger partial charge in [0.2, 0.25) is 0 Å². The molecular formula is C10H14N4O4. The van der Waals surface area contributed by atoms with E-state index in [2.05, 4.69) is 14.9 Å². The Bertz CT molecular complexity index is 458. The first kappa shape index (κ1) is 12.4. The first-order chi connectivity index (χ1) is 8.63. The van der Waals surface area contributed by atoms with Crippen molar-refractivity contribution in [2.45, 2.75) is 6.04 Å². The van der Waals surface area contributed by atoms with Gasteiger partial charge in [0.25, 0.3) is 5.91 Å². The van der Waals surface area contributed by atoms with Crippen molar-refractivity contribution in [3.05, 3.63) is 11.8 Å². The first-order valence-corrected chi connectivity index (χ1v) is 5.41. The molecule has 1 fully saturated rings.